The predicted molar refractivity (Wildman–Crippen MR) is 111 cm³/mol. The Labute approximate surface area is 168 Å². The Kier molecular flexibility index (Phi) is 9.71. The van der Waals surface area contributed by atoms with E-state index >= 15 is 0 Å². The number of aliphatic imine (C=N–C) groups is 1. The summed E-state index contributed by atoms with van der Waals surface area (Å²) in [4.78, 5) is 7.13. The molecule has 0 aliphatic carbocycles. The molecule has 1 saturated heterocycles. The highest BCUT2D eigenvalue weighted by Gasteiger charge is 2.12. The fourth-order valence-electron chi connectivity index (χ4n) is 3.06. The molecular weight excluding hydrogens is 360 g/mol. The number of ether oxygens (including phenoxy) is 4. The molecule has 0 atom stereocenters. The van der Waals surface area contributed by atoms with Crippen molar-refractivity contribution in [1.29, 1.82) is 0 Å². The normalized spacial score (nSPS) is 15.2. The zero-order chi connectivity index (χ0) is 20.2. The van der Waals surface area contributed by atoms with Gasteiger partial charge in [-0.25, -0.2) is 4.99 Å². The van der Waals surface area contributed by atoms with Crippen LogP contribution in [-0.2, 0) is 11.3 Å². The molecule has 0 bridgehead atoms. The number of hydrogen-bond acceptors (Lipinski definition) is 6. The van der Waals surface area contributed by atoms with E-state index in [2.05, 4.69) is 22.5 Å². The van der Waals surface area contributed by atoms with Gasteiger partial charge in [0.2, 0.25) is 0 Å². The summed E-state index contributed by atoms with van der Waals surface area (Å²) in [6, 6.07) is 3.73. The van der Waals surface area contributed by atoms with Crippen LogP contribution in [0.1, 0.15) is 18.9 Å². The van der Waals surface area contributed by atoms with Gasteiger partial charge in [0.05, 0.1) is 41.1 Å². The maximum Gasteiger partial charge on any atom is 0.191 e. The van der Waals surface area contributed by atoms with E-state index in [1.165, 1.54) is 0 Å². The number of benzene rings is 1. The van der Waals surface area contributed by atoms with Gasteiger partial charge in [-0.2, -0.15) is 0 Å². The van der Waals surface area contributed by atoms with Crippen molar-refractivity contribution in [3.63, 3.8) is 0 Å². The van der Waals surface area contributed by atoms with Crippen LogP contribution in [0, 0.1) is 0 Å². The van der Waals surface area contributed by atoms with Crippen molar-refractivity contribution < 1.29 is 18.9 Å². The van der Waals surface area contributed by atoms with Crippen LogP contribution in [0.5, 0.6) is 17.2 Å². The quantitative estimate of drug-likeness (QED) is 0.354. The average Bonchev–Trinajstić information content (AvgIpc) is 2.74. The van der Waals surface area contributed by atoms with Crippen molar-refractivity contribution in [3.05, 3.63) is 17.7 Å². The molecule has 158 valence electrons. The van der Waals surface area contributed by atoms with Crippen molar-refractivity contribution in [2.75, 3.05) is 67.3 Å². The summed E-state index contributed by atoms with van der Waals surface area (Å²) in [6.45, 7) is 8.99. The van der Waals surface area contributed by atoms with E-state index < -0.39 is 0 Å². The Morgan fingerprint density at radius 1 is 1.04 bits per heavy atom. The minimum Gasteiger partial charge on any atom is -0.496 e. The molecule has 1 aromatic carbocycles. The summed E-state index contributed by atoms with van der Waals surface area (Å²) in [5, 5.41) is 6.69. The third kappa shape index (κ3) is 6.76. The second kappa shape index (κ2) is 12.3. The van der Waals surface area contributed by atoms with Gasteiger partial charge in [-0.1, -0.05) is 0 Å². The molecule has 0 amide bonds. The molecule has 28 heavy (non-hydrogen) atoms. The number of guanidine groups is 1. The highest BCUT2D eigenvalue weighted by atomic mass is 16.5. The SMILES string of the molecule is CCNC(=NCc1cc(OC)c(OC)cc1OC)NCCCN1CCOCC1. The lowest BCUT2D eigenvalue weighted by Gasteiger charge is -2.26. The highest BCUT2D eigenvalue weighted by Crippen LogP contribution is 2.34. The zero-order valence-electron chi connectivity index (χ0n) is 17.5. The van der Waals surface area contributed by atoms with Crippen molar-refractivity contribution in [2.45, 2.75) is 19.9 Å². The molecule has 0 unspecified atom stereocenters. The molecule has 0 aromatic heterocycles. The Morgan fingerprint density at radius 3 is 2.36 bits per heavy atom. The lowest BCUT2D eigenvalue weighted by molar-refractivity contribution is 0.0376. The molecule has 2 rings (SSSR count). The van der Waals surface area contributed by atoms with Gasteiger partial charge in [0.1, 0.15) is 5.75 Å². The lowest BCUT2D eigenvalue weighted by atomic mass is 10.1. The third-order valence-electron chi connectivity index (χ3n) is 4.59. The second-order valence-electron chi connectivity index (χ2n) is 6.45. The first kappa shape index (κ1) is 22.1. The van der Waals surface area contributed by atoms with Crippen LogP contribution in [-0.4, -0.2) is 78.1 Å². The van der Waals surface area contributed by atoms with Crippen LogP contribution in [0.15, 0.2) is 17.1 Å². The smallest absolute Gasteiger partial charge is 0.191 e. The standard InChI is InChI=1S/C20H34N4O4/c1-5-21-20(22-7-6-8-24-9-11-28-12-10-24)23-15-16-13-18(26-3)19(27-4)14-17(16)25-2/h13-14H,5-12,15H2,1-4H3,(H2,21,22,23). The Morgan fingerprint density at radius 2 is 1.71 bits per heavy atom. The number of morpholine rings is 1. The Hall–Kier alpha value is -2.19. The van der Waals surface area contributed by atoms with E-state index in [0.717, 1.165) is 69.6 Å². The number of hydrogen-bond donors (Lipinski definition) is 2. The van der Waals surface area contributed by atoms with Crippen LogP contribution in [0.3, 0.4) is 0 Å². The molecule has 0 spiro atoms. The van der Waals surface area contributed by atoms with Crippen LogP contribution in [0.4, 0.5) is 0 Å². The van der Waals surface area contributed by atoms with Crippen molar-refractivity contribution in [3.8, 4) is 17.2 Å². The topological polar surface area (TPSA) is 76.6 Å². The van der Waals surface area contributed by atoms with E-state index in [1.54, 1.807) is 21.3 Å². The first-order chi connectivity index (χ1) is 13.7. The van der Waals surface area contributed by atoms with Crippen LogP contribution >= 0.6 is 0 Å². The molecule has 0 radical (unpaired) electrons. The van der Waals surface area contributed by atoms with Gasteiger partial charge < -0.3 is 29.6 Å². The summed E-state index contributed by atoms with van der Waals surface area (Å²) in [7, 11) is 4.88. The van der Waals surface area contributed by atoms with Crippen LogP contribution < -0.4 is 24.8 Å². The minimum atomic E-state index is 0.475. The van der Waals surface area contributed by atoms with Gasteiger partial charge in [-0.05, 0) is 26.0 Å². The summed E-state index contributed by atoms with van der Waals surface area (Å²) < 4.78 is 21.6. The molecule has 1 aliphatic rings. The Bertz CT molecular complexity index is 618. The summed E-state index contributed by atoms with van der Waals surface area (Å²) in [5.41, 5.74) is 0.936. The second-order valence-corrected chi connectivity index (χ2v) is 6.45. The molecule has 2 N–H and O–H groups in total. The summed E-state index contributed by atoms with van der Waals surface area (Å²) >= 11 is 0. The number of nitrogens with zero attached hydrogens (tertiary/aromatic N) is 2. The molecule has 1 heterocycles. The largest absolute Gasteiger partial charge is 0.496 e. The van der Waals surface area contributed by atoms with Gasteiger partial charge in [-0.3, -0.25) is 4.90 Å². The highest BCUT2D eigenvalue weighted by molar-refractivity contribution is 5.79. The predicted octanol–water partition coefficient (Wildman–Crippen LogP) is 1.49. The summed E-state index contributed by atoms with van der Waals surface area (Å²) in [6.07, 6.45) is 1.06. The van der Waals surface area contributed by atoms with E-state index in [9.17, 15) is 0 Å². The molecular formula is C20H34N4O4. The minimum absolute atomic E-state index is 0.475. The van der Waals surface area contributed by atoms with E-state index in [-0.39, 0.29) is 0 Å². The number of nitrogens with one attached hydrogen (secondary N) is 2. The monoisotopic (exact) mass is 394 g/mol. The van der Waals surface area contributed by atoms with E-state index in [1.807, 2.05) is 12.1 Å². The first-order valence-corrected chi connectivity index (χ1v) is 9.83. The molecule has 0 saturated carbocycles. The lowest BCUT2D eigenvalue weighted by Crippen LogP contribution is -2.40. The van der Waals surface area contributed by atoms with Crippen molar-refractivity contribution in [2.24, 2.45) is 4.99 Å². The van der Waals surface area contributed by atoms with Gasteiger partial charge in [0.25, 0.3) is 0 Å². The number of methoxy groups -OCH3 is 3. The fourth-order valence-corrected chi connectivity index (χ4v) is 3.06. The maximum atomic E-state index is 5.48. The number of rotatable bonds is 10. The Balaban J connectivity index is 1.93. The molecule has 1 fully saturated rings. The molecule has 1 aliphatic heterocycles. The van der Waals surface area contributed by atoms with Gasteiger partial charge in [-0.15, -0.1) is 0 Å². The van der Waals surface area contributed by atoms with Crippen molar-refractivity contribution >= 4 is 5.96 Å². The van der Waals surface area contributed by atoms with Gasteiger partial charge in [0, 0.05) is 37.8 Å². The molecule has 8 nitrogen and oxygen atoms in total. The third-order valence-corrected chi connectivity index (χ3v) is 4.59. The van der Waals surface area contributed by atoms with Crippen molar-refractivity contribution in [1.82, 2.24) is 15.5 Å². The van der Waals surface area contributed by atoms with E-state index in [0.29, 0.717) is 18.0 Å². The fraction of sp³-hybridized carbons (Fsp3) is 0.650. The average molecular weight is 395 g/mol. The first-order valence-electron chi connectivity index (χ1n) is 9.83. The van der Waals surface area contributed by atoms with Gasteiger partial charge in [0.15, 0.2) is 17.5 Å². The molecule has 1 aromatic rings. The van der Waals surface area contributed by atoms with Crippen LogP contribution in [0.2, 0.25) is 0 Å². The summed E-state index contributed by atoms with van der Waals surface area (Å²) in [5.74, 6) is 2.82. The molecule has 8 heteroatoms. The zero-order valence-corrected chi connectivity index (χ0v) is 17.5. The maximum absolute atomic E-state index is 5.48. The van der Waals surface area contributed by atoms with Crippen LogP contribution in [0.25, 0.3) is 0 Å². The van der Waals surface area contributed by atoms with Gasteiger partial charge >= 0.3 is 0 Å². The van der Waals surface area contributed by atoms with E-state index in [4.69, 9.17) is 23.9 Å².